The van der Waals surface area contributed by atoms with Gasteiger partial charge < -0.3 is 5.11 Å². The molecule has 1 unspecified atom stereocenters. The highest BCUT2D eigenvalue weighted by Gasteiger charge is 2.47. The lowest BCUT2D eigenvalue weighted by molar-refractivity contribution is -0.143. The fourth-order valence-corrected chi connectivity index (χ4v) is 1.28. The van der Waals surface area contributed by atoms with Gasteiger partial charge in [-0.3, -0.25) is 4.79 Å². The Bertz CT molecular complexity index is 189. The fourth-order valence-electron chi connectivity index (χ4n) is 1.06. The molecule has 0 aromatic rings. The molecule has 0 aromatic carbocycles. The minimum Gasteiger partial charge on any atom is -0.480 e. The molecular formula is C6H7ClO3. The molecular weight excluding hydrogens is 156 g/mol. The first-order chi connectivity index (χ1) is 4.57. The Labute approximate surface area is 63.0 Å². The van der Waals surface area contributed by atoms with E-state index in [2.05, 4.69) is 0 Å². The van der Waals surface area contributed by atoms with Gasteiger partial charge >= 0.3 is 5.97 Å². The Morgan fingerprint density at radius 1 is 1.70 bits per heavy atom. The van der Waals surface area contributed by atoms with E-state index in [1.807, 2.05) is 0 Å². The highest BCUT2D eigenvalue weighted by atomic mass is 35.5. The van der Waals surface area contributed by atoms with Crippen molar-refractivity contribution in [1.29, 1.82) is 0 Å². The predicted octanol–water partition coefficient (Wildman–Crippen LogP) is 0.802. The summed E-state index contributed by atoms with van der Waals surface area (Å²) >= 11 is 5.51. The van der Waals surface area contributed by atoms with E-state index in [4.69, 9.17) is 16.7 Å². The molecule has 0 radical (unpaired) electrons. The van der Waals surface area contributed by atoms with Gasteiger partial charge in [0.15, 0.2) is 10.7 Å². The lowest BCUT2D eigenvalue weighted by Gasteiger charge is -2.11. The van der Waals surface area contributed by atoms with Crippen LogP contribution in [0.25, 0.3) is 0 Å². The number of rotatable bonds is 1. The summed E-state index contributed by atoms with van der Waals surface area (Å²) in [6, 6.07) is 0. The predicted molar refractivity (Wildman–Crippen MR) is 35.1 cm³/mol. The van der Waals surface area contributed by atoms with E-state index in [0.717, 1.165) is 0 Å². The summed E-state index contributed by atoms with van der Waals surface area (Å²) in [7, 11) is 0. The van der Waals surface area contributed by atoms with Crippen molar-refractivity contribution in [2.45, 2.75) is 24.1 Å². The van der Waals surface area contributed by atoms with E-state index in [-0.39, 0.29) is 12.2 Å². The Morgan fingerprint density at radius 2 is 2.30 bits per heavy atom. The summed E-state index contributed by atoms with van der Waals surface area (Å²) in [4.78, 5) is 19.6. The number of ketones is 1. The third-order valence-electron chi connectivity index (χ3n) is 1.71. The molecule has 1 aliphatic carbocycles. The Kier molecular flexibility index (Phi) is 1.68. The van der Waals surface area contributed by atoms with Crippen LogP contribution in [0.3, 0.4) is 0 Å². The van der Waals surface area contributed by atoms with Gasteiger partial charge in [-0.25, -0.2) is 4.79 Å². The van der Waals surface area contributed by atoms with Crippen molar-refractivity contribution in [2.24, 2.45) is 0 Å². The highest BCUT2D eigenvalue weighted by Crippen LogP contribution is 2.32. The molecule has 4 heteroatoms. The first-order valence-electron chi connectivity index (χ1n) is 3.03. The molecule has 0 aliphatic heterocycles. The van der Waals surface area contributed by atoms with Crippen molar-refractivity contribution in [2.75, 3.05) is 0 Å². The van der Waals surface area contributed by atoms with E-state index in [1.54, 1.807) is 0 Å². The lowest BCUT2D eigenvalue weighted by atomic mass is 10.1. The summed E-state index contributed by atoms with van der Waals surface area (Å²) in [5.74, 6) is -1.57. The Hall–Kier alpha value is -0.570. The molecule has 0 spiro atoms. The number of hydrogen-bond acceptors (Lipinski definition) is 2. The number of carbonyl (C=O) groups excluding carboxylic acids is 1. The molecule has 56 valence electrons. The van der Waals surface area contributed by atoms with Gasteiger partial charge in [0.25, 0.3) is 0 Å². The smallest absolute Gasteiger partial charge is 0.332 e. The fraction of sp³-hybridized carbons (Fsp3) is 0.667. The molecule has 0 aromatic heterocycles. The van der Waals surface area contributed by atoms with Crippen LogP contribution in [0.2, 0.25) is 0 Å². The molecule has 1 saturated carbocycles. The number of carbonyl (C=O) groups is 2. The molecule has 1 aliphatic rings. The monoisotopic (exact) mass is 162 g/mol. The SMILES string of the molecule is O=C(O)C1(Cl)CCCC1=O. The number of halogens is 1. The van der Waals surface area contributed by atoms with Crippen molar-refractivity contribution in [3.05, 3.63) is 0 Å². The van der Waals surface area contributed by atoms with Crippen molar-refractivity contribution in [1.82, 2.24) is 0 Å². The molecule has 1 N–H and O–H groups in total. The summed E-state index contributed by atoms with van der Waals surface area (Å²) in [5, 5.41) is 8.49. The molecule has 1 rings (SSSR count). The maximum absolute atomic E-state index is 10.8. The van der Waals surface area contributed by atoms with Gasteiger partial charge in [-0.1, -0.05) is 11.6 Å². The van der Waals surface area contributed by atoms with Gasteiger partial charge in [0.1, 0.15) is 0 Å². The van der Waals surface area contributed by atoms with Crippen LogP contribution in [0.1, 0.15) is 19.3 Å². The van der Waals surface area contributed by atoms with Crippen LogP contribution in [0.4, 0.5) is 0 Å². The standard InChI is InChI=1S/C6H7ClO3/c7-6(5(9)10)3-1-2-4(6)8/h1-3H2,(H,9,10). The van der Waals surface area contributed by atoms with Gasteiger partial charge in [0, 0.05) is 6.42 Å². The van der Waals surface area contributed by atoms with Crippen LogP contribution in [-0.2, 0) is 9.59 Å². The summed E-state index contributed by atoms with van der Waals surface area (Å²) in [6.07, 6.45) is 1.16. The first-order valence-corrected chi connectivity index (χ1v) is 3.41. The van der Waals surface area contributed by atoms with Gasteiger partial charge in [-0.2, -0.15) is 0 Å². The average molecular weight is 163 g/mol. The maximum Gasteiger partial charge on any atom is 0.332 e. The van der Waals surface area contributed by atoms with E-state index in [1.165, 1.54) is 0 Å². The zero-order valence-electron chi connectivity index (χ0n) is 5.26. The van der Waals surface area contributed by atoms with Crippen LogP contribution in [0, 0.1) is 0 Å². The quantitative estimate of drug-likeness (QED) is 0.459. The van der Waals surface area contributed by atoms with E-state index < -0.39 is 10.8 Å². The maximum atomic E-state index is 10.8. The van der Waals surface area contributed by atoms with Crippen molar-refractivity contribution in [3.63, 3.8) is 0 Å². The van der Waals surface area contributed by atoms with Crippen LogP contribution in [0.5, 0.6) is 0 Å². The molecule has 0 bridgehead atoms. The zero-order valence-corrected chi connectivity index (χ0v) is 6.02. The average Bonchev–Trinajstić information content (AvgIpc) is 2.15. The molecule has 10 heavy (non-hydrogen) atoms. The summed E-state index contributed by atoms with van der Waals surface area (Å²) < 4.78 is 0. The normalized spacial score (nSPS) is 32.7. The third-order valence-corrected chi connectivity index (χ3v) is 2.27. The van der Waals surface area contributed by atoms with Crippen molar-refractivity contribution < 1.29 is 14.7 Å². The molecule has 0 amide bonds. The number of carboxylic acid groups (broad SMARTS) is 1. The minimum absolute atomic E-state index is 0.267. The molecule has 3 nitrogen and oxygen atoms in total. The lowest BCUT2D eigenvalue weighted by Crippen LogP contribution is -2.36. The summed E-state index contributed by atoms with van der Waals surface area (Å²) in [5.41, 5.74) is 0. The number of carboxylic acids is 1. The molecule has 0 saturated heterocycles. The second-order valence-corrected chi connectivity index (χ2v) is 3.03. The van der Waals surface area contributed by atoms with Gasteiger partial charge in [0.05, 0.1) is 0 Å². The number of hydrogen-bond donors (Lipinski definition) is 1. The largest absolute Gasteiger partial charge is 0.480 e. The Morgan fingerprint density at radius 3 is 2.50 bits per heavy atom. The van der Waals surface area contributed by atoms with Gasteiger partial charge in [-0.15, -0.1) is 0 Å². The van der Waals surface area contributed by atoms with Crippen LogP contribution in [-0.4, -0.2) is 21.7 Å². The van der Waals surface area contributed by atoms with E-state index in [9.17, 15) is 9.59 Å². The Balaban J connectivity index is 2.86. The van der Waals surface area contributed by atoms with Crippen LogP contribution < -0.4 is 0 Å². The first kappa shape index (κ1) is 7.54. The zero-order chi connectivity index (χ0) is 7.78. The number of Topliss-reactive ketones (excluding diaryl/α,β-unsaturated/α-hetero) is 1. The molecule has 1 atom stereocenters. The third kappa shape index (κ3) is 0.904. The van der Waals surface area contributed by atoms with Crippen LogP contribution >= 0.6 is 11.6 Å². The topological polar surface area (TPSA) is 54.4 Å². The minimum atomic E-state index is -1.60. The van der Waals surface area contributed by atoms with Crippen molar-refractivity contribution in [3.8, 4) is 0 Å². The van der Waals surface area contributed by atoms with E-state index >= 15 is 0 Å². The summed E-state index contributed by atoms with van der Waals surface area (Å²) in [6.45, 7) is 0. The second-order valence-electron chi connectivity index (χ2n) is 2.38. The van der Waals surface area contributed by atoms with Crippen molar-refractivity contribution >= 4 is 23.4 Å². The number of alkyl halides is 1. The molecule has 0 heterocycles. The van der Waals surface area contributed by atoms with Crippen LogP contribution in [0.15, 0.2) is 0 Å². The van der Waals surface area contributed by atoms with Gasteiger partial charge in [0.2, 0.25) is 0 Å². The van der Waals surface area contributed by atoms with E-state index in [0.29, 0.717) is 12.8 Å². The highest BCUT2D eigenvalue weighted by molar-refractivity contribution is 6.46. The van der Waals surface area contributed by atoms with Gasteiger partial charge in [-0.05, 0) is 12.8 Å². The number of aliphatic carboxylic acids is 1. The second kappa shape index (κ2) is 2.23. The molecule has 1 fully saturated rings.